The average molecular weight is 352 g/mol. The fourth-order valence-corrected chi connectivity index (χ4v) is 2.07. The van der Waals surface area contributed by atoms with Crippen LogP contribution in [0.1, 0.15) is 29.9 Å². The lowest BCUT2D eigenvalue weighted by atomic mass is 10.2. The lowest BCUT2D eigenvalue weighted by molar-refractivity contribution is 0.102. The van der Waals surface area contributed by atoms with Gasteiger partial charge in [-0.15, -0.1) is 12.4 Å². The molecule has 0 saturated heterocycles. The largest absolute Gasteiger partial charge is 0.494 e. The van der Waals surface area contributed by atoms with E-state index in [1.165, 1.54) is 0 Å². The third-order valence-corrected chi connectivity index (χ3v) is 3.10. The Kier molecular flexibility index (Phi) is 8.01. The minimum atomic E-state index is -0.253. The molecule has 7 heteroatoms. The molecule has 1 aromatic carbocycles. The maximum atomic E-state index is 12.4. The van der Waals surface area contributed by atoms with Crippen LogP contribution in [-0.4, -0.2) is 24.1 Å². The molecule has 2 aromatic rings. The summed E-state index contributed by atoms with van der Waals surface area (Å²) in [6.07, 6.45) is 1.57. The second-order valence-corrected chi connectivity index (χ2v) is 4.72. The topological polar surface area (TPSA) is 86.5 Å². The molecule has 0 unspecified atom stereocenters. The predicted octanol–water partition coefficient (Wildman–Crippen LogP) is 3.01. The van der Waals surface area contributed by atoms with Crippen molar-refractivity contribution in [1.29, 1.82) is 0 Å². The first kappa shape index (κ1) is 19.7. The Bertz CT molecular complexity index is 680. The summed E-state index contributed by atoms with van der Waals surface area (Å²) in [5, 5.41) is 2.85. The summed E-state index contributed by atoms with van der Waals surface area (Å²) in [5.74, 6) is 1.01. The van der Waals surface area contributed by atoms with Crippen LogP contribution < -0.4 is 20.5 Å². The first-order valence-corrected chi connectivity index (χ1v) is 7.53. The van der Waals surface area contributed by atoms with Crippen molar-refractivity contribution in [3.63, 3.8) is 0 Å². The molecule has 0 saturated carbocycles. The number of carbonyl (C=O) groups is 1. The Morgan fingerprint density at radius 3 is 2.58 bits per heavy atom. The van der Waals surface area contributed by atoms with Crippen LogP contribution in [0, 0.1) is 0 Å². The molecule has 2 rings (SSSR count). The van der Waals surface area contributed by atoms with E-state index in [9.17, 15) is 4.79 Å². The molecular weight excluding hydrogens is 330 g/mol. The van der Waals surface area contributed by atoms with Crippen LogP contribution in [0.15, 0.2) is 36.5 Å². The molecule has 130 valence electrons. The van der Waals surface area contributed by atoms with Crippen molar-refractivity contribution in [1.82, 2.24) is 4.98 Å². The number of nitrogens with zero attached hydrogens (tertiary/aromatic N) is 1. The van der Waals surface area contributed by atoms with Gasteiger partial charge in [-0.2, -0.15) is 0 Å². The van der Waals surface area contributed by atoms with E-state index in [2.05, 4.69) is 10.3 Å². The summed E-state index contributed by atoms with van der Waals surface area (Å²) >= 11 is 0. The number of rotatable bonds is 7. The van der Waals surface area contributed by atoms with E-state index in [1.807, 2.05) is 19.9 Å². The van der Waals surface area contributed by atoms with E-state index >= 15 is 0 Å². The molecule has 0 aliphatic rings. The fourth-order valence-electron chi connectivity index (χ4n) is 2.07. The first-order chi connectivity index (χ1) is 11.2. The van der Waals surface area contributed by atoms with Crippen LogP contribution in [0.3, 0.4) is 0 Å². The van der Waals surface area contributed by atoms with Crippen LogP contribution in [0.2, 0.25) is 0 Å². The van der Waals surface area contributed by atoms with Crippen LogP contribution in [0.4, 0.5) is 5.69 Å². The highest BCUT2D eigenvalue weighted by Gasteiger charge is 2.12. The van der Waals surface area contributed by atoms with Crippen molar-refractivity contribution in [3.8, 4) is 11.5 Å². The van der Waals surface area contributed by atoms with E-state index < -0.39 is 0 Å². The number of halogens is 1. The molecule has 0 radical (unpaired) electrons. The number of hydrogen-bond donors (Lipinski definition) is 2. The Labute approximate surface area is 147 Å². The number of aromatic nitrogens is 1. The third-order valence-electron chi connectivity index (χ3n) is 3.10. The molecule has 1 aromatic heterocycles. The van der Waals surface area contributed by atoms with Crippen molar-refractivity contribution in [2.45, 2.75) is 20.4 Å². The molecule has 3 N–H and O–H groups in total. The van der Waals surface area contributed by atoms with Crippen LogP contribution in [-0.2, 0) is 6.54 Å². The number of nitrogens with two attached hydrogens (primary N) is 1. The smallest absolute Gasteiger partial charge is 0.255 e. The second-order valence-electron chi connectivity index (χ2n) is 4.72. The number of ether oxygens (including phenoxy) is 2. The average Bonchev–Trinajstić information content (AvgIpc) is 2.57. The lowest BCUT2D eigenvalue weighted by Gasteiger charge is -2.13. The zero-order valence-corrected chi connectivity index (χ0v) is 14.6. The quantitative estimate of drug-likeness (QED) is 0.800. The number of pyridine rings is 1. The van der Waals surface area contributed by atoms with Gasteiger partial charge in [0.2, 0.25) is 0 Å². The van der Waals surface area contributed by atoms with Crippen molar-refractivity contribution < 1.29 is 14.3 Å². The zero-order valence-electron chi connectivity index (χ0n) is 13.7. The Morgan fingerprint density at radius 2 is 1.92 bits per heavy atom. The molecule has 6 nitrogen and oxygen atoms in total. The third kappa shape index (κ3) is 5.11. The normalized spacial score (nSPS) is 9.79. The van der Waals surface area contributed by atoms with Gasteiger partial charge < -0.3 is 20.5 Å². The molecular formula is C17H22ClN3O3. The highest BCUT2D eigenvalue weighted by Crippen LogP contribution is 2.29. The van der Waals surface area contributed by atoms with Crippen molar-refractivity contribution in [3.05, 3.63) is 47.8 Å². The molecule has 24 heavy (non-hydrogen) atoms. The summed E-state index contributed by atoms with van der Waals surface area (Å²) in [6, 6.07) is 8.64. The molecule has 1 heterocycles. The maximum Gasteiger partial charge on any atom is 0.255 e. The van der Waals surface area contributed by atoms with Crippen molar-refractivity contribution >= 4 is 24.0 Å². The van der Waals surface area contributed by atoms with E-state index in [1.54, 1.807) is 30.5 Å². The van der Waals surface area contributed by atoms with Crippen molar-refractivity contribution in [2.24, 2.45) is 5.73 Å². The maximum absolute atomic E-state index is 12.4. The van der Waals surface area contributed by atoms with Crippen LogP contribution >= 0.6 is 12.4 Å². The van der Waals surface area contributed by atoms with E-state index in [0.29, 0.717) is 41.7 Å². The minimum Gasteiger partial charge on any atom is -0.494 e. The van der Waals surface area contributed by atoms with Gasteiger partial charge in [0.1, 0.15) is 11.5 Å². The van der Waals surface area contributed by atoms with Gasteiger partial charge in [0.05, 0.1) is 24.6 Å². The molecule has 0 atom stereocenters. The van der Waals surface area contributed by atoms with Crippen LogP contribution in [0.25, 0.3) is 0 Å². The van der Waals surface area contributed by atoms with Gasteiger partial charge in [-0.1, -0.05) is 0 Å². The molecule has 0 spiro atoms. The highest BCUT2D eigenvalue weighted by molar-refractivity contribution is 6.05. The molecule has 1 amide bonds. The number of benzene rings is 1. The van der Waals surface area contributed by atoms with Gasteiger partial charge in [-0.3, -0.25) is 9.78 Å². The predicted molar refractivity (Wildman–Crippen MR) is 96.1 cm³/mol. The van der Waals surface area contributed by atoms with Gasteiger partial charge in [0.15, 0.2) is 0 Å². The summed E-state index contributed by atoms with van der Waals surface area (Å²) in [4.78, 5) is 16.5. The monoisotopic (exact) mass is 351 g/mol. The zero-order chi connectivity index (χ0) is 16.7. The molecule has 0 aliphatic heterocycles. The van der Waals surface area contributed by atoms with Crippen molar-refractivity contribution in [2.75, 3.05) is 18.5 Å². The van der Waals surface area contributed by atoms with E-state index in [4.69, 9.17) is 15.2 Å². The summed E-state index contributed by atoms with van der Waals surface area (Å²) in [5.41, 5.74) is 7.27. The van der Waals surface area contributed by atoms with Gasteiger partial charge >= 0.3 is 0 Å². The van der Waals surface area contributed by atoms with Gasteiger partial charge in [0.25, 0.3) is 5.91 Å². The lowest BCUT2D eigenvalue weighted by Crippen LogP contribution is -2.14. The fraction of sp³-hybridized carbons (Fsp3) is 0.294. The number of amides is 1. The Morgan fingerprint density at radius 1 is 1.17 bits per heavy atom. The number of hydrogen-bond acceptors (Lipinski definition) is 5. The molecule has 0 fully saturated rings. The van der Waals surface area contributed by atoms with E-state index in [0.717, 1.165) is 0 Å². The van der Waals surface area contributed by atoms with Gasteiger partial charge in [0, 0.05) is 24.4 Å². The number of nitrogens with one attached hydrogen (secondary N) is 1. The van der Waals surface area contributed by atoms with Crippen LogP contribution in [0.5, 0.6) is 11.5 Å². The minimum absolute atomic E-state index is 0. The standard InChI is InChI=1S/C17H21N3O3.ClH/c1-3-22-14-5-6-16(23-4-2)15(10-14)20-17(21)12-7-8-19-13(9-12)11-18;/h5-10H,3-4,11,18H2,1-2H3,(H,20,21);1H. The molecule has 0 bridgehead atoms. The summed E-state index contributed by atoms with van der Waals surface area (Å²) in [7, 11) is 0. The SMILES string of the molecule is CCOc1ccc(OCC)c(NC(=O)c2ccnc(CN)c2)c1.Cl. The Balaban J connectivity index is 0.00000288. The second kappa shape index (κ2) is 9.75. The summed E-state index contributed by atoms with van der Waals surface area (Å²) < 4.78 is 11.0. The number of carbonyl (C=O) groups excluding carboxylic acids is 1. The first-order valence-electron chi connectivity index (χ1n) is 7.53. The highest BCUT2D eigenvalue weighted by atomic mass is 35.5. The van der Waals surface area contributed by atoms with E-state index in [-0.39, 0.29) is 24.9 Å². The summed E-state index contributed by atoms with van der Waals surface area (Å²) in [6.45, 7) is 5.12. The Hall–Kier alpha value is -2.31. The molecule has 0 aliphatic carbocycles. The van der Waals surface area contributed by atoms with Gasteiger partial charge in [-0.25, -0.2) is 0 Å². The van der Waals surface area contributed by atoms with Gasteiger partial charge in [-0.05, 0) is 38.1 Å². The number of anilines is 1.